The number of phenolic OH excluding ortho intramolecular Hbond substituents is 1. The average Bonchev–Trinajstić information content (AvgIpc) is 2.49. The van der Waals surface area contributed by atoms with Crippen LogP contribution in [0.2, 0.25) is 5.02 Å². The van der Waals surface area contributed by atoms with Gasteiger partial charge in [0.2, 0.25) is 0 Å². The molecule has 2 aromatic carbocycles. The maximum atomic E-state index is 12.2. The van der Waals surface area contributed by atoms with E-state index in [4.69, 9.17) is 22.5 Å². The van der Waals surface area contributed by atoms with Crippen LogP contribution in [-0.4, -0.2) is 22.1 Å². The fourth-order valence-corrected chi connectivity index (χ4v) is 1.95. The Morgan fingerprint density at radius 3 is 2.62 bits per heavy atom. The number of amides is 1. The van der Waals surface area contributed by atoms with Crippen molar-refractivity contribution in [3.05, 3.63) is 58.6 Å². The minimum absolute atomic E-state index is 0.0748. The summed E-state index contributed by atoms with van der Waals surface area (Å²) < 4.78 is 0. The fraction of sp³-hybridized carbons (Fsp3) is 0. The van der Waals surface area contributed by atoms with E-state index >= 15 is 0 Å². The summed E-state index contributed by atoms with van der Waals surface area (Å²) in [6, 6.07) is 10.6. The molecule has 7 heteroatoms. The van der Waals surface area contributed by atoms with Crippen molar-refractivity contribution in [1.82, 2.24) is 0 Å². The average molecular weight is 306 g/mol. The van der Waals surface area contributed by atoms with Gasteiger partial charge in [0.1, 0.15) is 5.75 Å². The minimum Gasteiger partial charge on any atom is -0.508 e. The van der Waals surface area contributed by atoms with Gasteiger partial charge in [0.05, 0.1) is 16.3 Å². The highest BCUT2D eigenvalue weighted by atomic mass is 35.5. The normalized spacial score (nSPS) is 11.2. The lowest BCUT2D eigenvalue weighted by Crippen LogP contribution is -2.19. The zero-order valence-corrected chi connectivity index (χ0v) is 11.5. The molecule has 0 bridgehead atoms. The zero-order chi connectivity index (χ0) is 15.4. The molecule has 0 spiro atoms. The zero-order valence-electron chi connectivity index (χ0n) is 10.7. The second kappa shape index (κ2) is 6.15. The van der Waals surface area contributed by atoms with Crippen molar-refractivity contribution < 1.29 is 15.1 Å². The van der Waals surface area contributed by atoms with Crippen LogP contribution in [0.3, 0.4) is 0 Å². The van der Waals surface area contributed by atoms with Crippen molar-refractivity contribution in [3.8, 4) is 5.75 Å². The van der Waals surface area contributed by atoms with Crippen LogP contribution >= 0.6 is 11.6 Å². The van der Waals surface area contributed by atoms with Gasteiger partial charge < -0.3 is 21.4 Å². The number of aromatic hydroxyl groups is 1. The van der Waals surface area contributed by atoms with Gasteiger partial charge in [-0.05, 0) is 30.3 Å². The Morgan fingerprint density at radius 1 is 1.19 bits per heavy atom. The molecule has 0 saturated carbocycles. The number of rotatable bonds is 3. The monoisotopic (exact) mass is 305 g/mol. The first-order chi connectivity index (χ1) is 10.0. The van der Waals surface area contributed by atoms with Gasteiger partial charge in [-0.25, -0.2) is 0 Å². The summed E-state index contributed by atoms with van der Waals surface area (Å²) in [5, 5.41) is 23.9. The van der Waals surface area contributed by atoms with Gasteiger partial charge in [0, 0.05) is 5.56 Å². The lowest BCUT2D eigenvalue weighted by Gasteiger charge is -2.11. The largest absolute Gasteiger partial charge is 0.508 e. The van der Waals surface area contributed by atoms with Gasteiger partial charge in [-0.15, -0.1) is 0 Å². The van der Waals surface area contributed by atoms with Crippen LogP contribution in [0.1, 0.15) is 15.9 Å². The van der Waals surface area contributed by atoms with Gasteiger partial charge in [-0.1, -0.05) is 28.9 Å². The van der Waals surface area contributed by atoms with E-state index in [-0.39, 0.29) is 22.2 Å². The van der Waals surface area contributed by atoms with Crippen LogP contribution in [0, 0.1) is 0 Å². The van der Waals surface area contributed by atoms with E-state index in [1.807, 2.05) is 0 Å². The molecule has 108 valence electrons. The Morgan fingerprint density at radius 2 is 1.90 bits per heavy atom. The van der Waals surface area contributed by atoms with Crippen LogP contribution in [0.25, 0.3) is 0 Å². The molecule has 0 radical (unpaired) electrons. The van der Waals surface area contributed by atoms with Gasteiger partial charge in [-0.2, -0.15) is 0 Å². The van der Waals surface area contributed by atoms with Crippen molar-refractivity contribution >= 4 is 29.0 Å². The molecule has 0 aliphatic carbocycles. The molecule has 0 aliphatic rings. The van der Waals surface area contributed by atoms with Crippen molar-refractivity contribution in [3.63, 3.8) is 0 Å². The summed E-state index contributed by atoms with van der Waals surface area (Å²) in [6.45, 7) is 0. The highest BCUT2D eigenvalue weighted by molar-refractivity contribution is 6.34. The van der Waals surface area contributed by atoms with Crippen molar-refractivity contribution in [2.24, 2.45) is 10.9 Å². The minimum atomic E-state index is -0.519. The predicted molar refractivity (Wildman–Crippen MR) is 80.0 cm³/mol. The number of nitrogens with two attached hydrogens (primary N) is 1. The van der Waals surface area contributed by atoms with Crippen LogP contribution in [-0.2, 0) is 0 Å². The quantitative estimate of drug-likeness (QED) is 0.302. The number of hydrogen-bond donors (Lipinski definition) is 4. The lowest BCUT2D eigenvalue weighted by atomic mass is 10.1. The second-order valence-electron chi connectivity index (χ2n) is 4.15. The molecule has 0 heterocycles. The number of oxime groups is 1. The third kappa shape index (κ3) is 3.24. The SMILES string of the molecule is N/C(=N/O)c1ccccc1NC(=O)c1cc(O)ccc1Cl. The smallest absolute Gasteiger partial charge is 0.257 e. The highest BCUT2D eigenvalue weighted by Gasteiger charge is 2.14. The summed E-state index contributed by atoms with van der Waals surface area (Å²) in [5.74, 6) is -0.726. The number of anilines is 1. The number of nitrogens with one attached hydrogen (secondary N) is 1. The van der Waals surface area contributed by atoms with E-state index in [9.17, 15) is 9.90 Å². The number of halogens is 1. The molecule has 0 aliphatic heterocycles. The van der Waals surface area contributed by atoms with Crippen LogP contribution in [0.5, 0.6) is 5.75 Å². The first-order valence-electron chi connectivity index (χ1n) is 5.89. The molecule has 0 unspecified atom stereocenters. The summed E-state index contributed by atoms with van der Waals surface area (Å²) in [4.78, 5) is 12.2. The van der Waals surface area contributed by atoms with Gasteiger partial charge >= 0.3 is 0 Å². The van der Waals surface area contributed by atoms with Crippen molar-refractivity contribution in [2.45, 2.75) is 0 Å². The first kappa shape index (κ1) is 14.7. The number of benzene rings is 2. The number of phenols is 1. The van der Waals surface area contributed by atoms with Crippen molar-refractivity contribution in [1.29, 1.82) is 0 Å². The first-order valence-corrected chi connectivity index (χ1v) is 6.27. The second-order valence-corrected chi connectivity index (χ2v) is 4.56. The number of nitrogens with zero attached hydrogens (tertiary/aromatic N) is 1. The standard InChI is InChI=1S/C14H12ClN3O3/c15-11-6-5-8(19)7-10(11)14(20)17-12-4-2-1-3-9(12)13(16)18-21/h1-7,19,21H,(H2,16,18)(H,17,20). The molecule has 21 heavy (non-hydrogen) atoms. The maximum absolute atomic E-state index is 12.2. The maximum Gasteiger partial charge on any atom is 0.257 e. The number of carbonyl (C=O) groups is 1. The van der Waals surface area contributed by atoms with Crippen LogP contribution in [0.4, 0.5) is 5.69 Å². The van der Waals surface area contributed by atoms with Gasteiger partial charge in [0.15, 0.2) is 5.84 Å². The third-order valence-electron chi connectivity index (χ3n) is 2.75. The topological polar surface area (TPSA) is 108 Å². The third-order valence-corrected chi connectivity index (χ3v) is 3.08. The van der Waals surface area contributed by atoms with Crippen LogP contribution in [0.15, 0.2) is 47.6 Å². The van der Waals surface area contributed by atoms with Gasteiger partial charge in [-0.3, -0.25) is 4.79 Å². The fourth-order valence-electron chi connectivity index (χ4n) is 1.75. The molecule has 2 aromatic rings. The Balaban J connectivity index is 2.34. The molecule has 0 fully saturated rings. The summed E-state index contributed by atoms with van der Waals surface area (Å²) in [5.41, 5.74) is 6.39. The Bertz CT molecular complexity index is 716. The van der Waals surface area contributed by atoms with Crippen LogP contribution < -0.4 is 11.1 Å². The van der Waals surface area contributed by atoms with E-state index in [1.54, 1.807) is 24.3 Å². The Labute approximate surface area is 125 Å². The molecular formula is C14H12ClN3O3. The lowest BCUT2D eigenvalue weighted by molar-refractivity contribution is 0.102. The molecule has 2 rings (SSSR count). The number of amidine groups is 1. The molecule has 0 atom stereocenters. The number of para-hydroxylation sites is 1. The van der Waals surface area contributed by atoms with E-state index in [2.05, 4.69) is 10.5 Å². The molecule has 0 saturated heterocycles. The number of hydrogen-bond acceptors (Lipinski definition) is 4. The van der Waals surface area contributed by atoms with E-state index in [0.29, 0.717) is 11.3 Å². The highest BCUT2D eigenvalue weighted by Crippen LogP contribution is 2.23. The van der Waals surface area contributed by atoms with E-state index in [0.717, 1.165) is 0 Å². The predicted octanol–water partition coefficient (Wildman–Crippen LogP) is 2.39. The molecule has 0 aromatic heterocycles. The Hall–Kier alpha value is -2.73. The Kier molecular flexibility index (Phi) is 4.30. The van der Waals surface area contributed by atoms with E-state index in [1.165, 1.54) is 18.2 Å². The number of carbonyl (C=O) groups excluding carboxylic acids is 1. The molecular weight excluding hydrogens is 294 g/mol. The summed E-state index contributed by atoms with van der Waals surface area (Å²) in [7, 11) is 0. The molecule has 1 amide bonds. The van der Waals surface area contributed by atoms with Crippen molar-refractivity contribution in [2.75, 3.05) is 5.32 Å². The summed E-state index contributed by atoms with van der Waals surface area (Å²) >= 11 is 5.93. The molecule has 6 nitrogen and oxygen atoms in total. The van der Waals surface area contributed by atoms with Gasteiger partial charge in [0.25, 0.3) is 5.91 Å². The summed E-state index contributed by atoms with van der Waals surface area (Å²) in [6.07, 6.45) is 0. The molecule has 5 N–H and O–H groups in total. The van der Waals surface area contributed by atoms with E-state index < -0.39 is 5.91 Å².